The number of allylic oxidation sites excluding steroid dienone is 3. The van der Waals surface area contributed by atoms with Crippen LogP contribution in [0.2, 0.25) is 0 Å². The highest BCUT2D eigenvalue weighted by atomic mass is 16.5. The Morgan fingerprint density at radius 1 is 0.500 bits per heavy atom. The van der Waals surface area contributed by atoms with Crippen LogP contribution in [0.5, 0.6) is 5.75 Å². The Bertz CT molecular complexity index is 1060. The molecule has 1 nitrogen and oxygen atoms in total. The lowest BCUT2D eigenvalue weighted by atomic mass is 9.99. The predicted molar refractivity (Wildman–Crippen MR) is 126 cm³/mol. The van der Waals surface area contributed by atoms with Gasteiger partial charge in [0.25, 0.3) is 0 Å². The first kappa shape index (κ1) is 19.5. The van der Waals surface area contributed by atoms with Crippen molar-refractivity contribution in [1.29, 1.82) is 0 Å². The van der Waals surface area contributed by atoms with Crippen molar-refractivity contribution in [2.75, 3.05) is 0 Å². The maximum Gasteiger partial charge on any atom is 0.126 e. The van der Waals surface area contributed by atoms with Gasteiger partial charge in [-0.2, -0.15) is 0 Å². The zero-order valence-electron chi connectivity index (χ0n) is 16.8. The molecule has 0 unspecified atom stereocenters. The minimum atomic E-state index is 0.910. The molecule has 4 aromatic carbocycles. The van der Waals surface area contributed by atoms with Gasteiger partial charge in [0.15, 0.2) is 0 Å². The summed E-state index contributed by atoms with van der Waals surface area (Å²) in [6.07, 6.45) is 7.00. The molecular formula is C29H24O. The Labute approximate surface area is 178 Å². The molecule has 0 aromatic heterocycles. The number of hydrogen-bond donors (Lipinski definition) is 0. The standard InChI is InChI=1S/C18H14.C11H10O/c1-3-8-15(9-4-1)17-12-7-13-18(14-17)16-10-5-2-6-11-16;1-2-6-10(7-3-1)12-11-8-4-5-9-11/h1-14H;1-8H,9H2. The normalized spacial score (nSPS) is 11.9. The Morgan fingerprint density at radius 2 is 1.00 bits per heavy atom. The molecule has 0 radical (unpaired) electrons. The van der Waals surface area contributed by atoms with Gasteiger partial charge in [-0.05, 0) is 46.5 Å². The maximum atomic E-state index is 5.57. The molecule has 0 saturated heterocycles. The van der Waals surface area contributed by atoms with E-state index in [9.17, 15) is 0 Å². The Morgan fingerprint density at radius 3 is 1.50 bits per heavy atom. The molecule has 5 rings (SSSR count). The molecule has 0 saturated carbocycles. The Kier molecular flexibility index (Phi) is 6.55. The van der Waals surface area contributed by atoms with Crippen LogP contribution in [0.4, 0.5) is 0 Å². The summed E-state index contributed by atoms with van der Waals surface area (Å²) in [5, 5.41) is 0. The van der Waals surface area contributed by atoms with Crippen molar-refractivity contribution >= 4 is 0 Å². The van der Waals surface area contributed by atoms with E-state index in [1.165, 1.54) is 22.3 Å². The van der Waals surface area contributed by atoms with Gasteiger partial charge in [-0.3, -0.25) is 0 Å². The van der Waals surface area contributed by atoms with Gasteiger partial charge < -0.3 is 4.74 Å². The molecule has 0 heterocycles. The van der Waals surface area contributed by atoms with E-state index in [4.69, 9.17) is 4.74 Å². The fourth-order valence-electron chi connectivity index (χ4n) is 3.28. The first-order chi connectivity index (χ1) is 14.9. The summed E-state index contributed by atoms with van der Waals surface area (Å²) in [5.74, 6) is 1.92. The van der Waals surface area contributed by atoms with Crippen molar-refractivity contribution in [3.05, 3.63) is 139 Å². The van der Waals surface area contributed by atoms with E-state index in [0.717, 1.165) is 17.9 Å². The second kappa shape index (κ2) is 10.1. The van der Waals surface area contributed by atoms with Crippen molar-refractivity contribution in [3.63, 3.8) is 0 Å². The van der Waals surface area contributed by atoms with Crippen molar-refractivity contribution in [1.82, 2.24) is 0 Å². The van der Waals surface area contributed by atoms with E-state index < -0.39 is 0 Å². The average molecular weight is 389 g/mol. The van der Waals surface area contributed by atoms with Crippen molar-refractivity contribution < 1.29 is 4.74 Å². The molecule has 0 aliphatic heterocycles. The van der Waals surface area contributed by atoms with Gasteiger partial charge in [0.2, 0.25) is 0 Å². The summed E-state index contributed by atoms with van der Waals surface area (Å²) in [6.45, 7) is 0. The molecule has 0 amide bonds. The fraction of sp³-hybridized carbons (Fsp3) is 0.0345. The summed E-state index contributed by atoms with van der Waals surface area (Å²) >= 11 is 0. The smallest absolute Gasteiger partial charge is 0.126 e. The number of para-hydroxylation sites is 1. The first-order valence-electron chi connectivity index (χ1n) is 10.2. The summed E-state index contributed by atoms with van der Waals surface area (Å²) in [6, 6.07) is 39.5. The van der Waals surface area contributed by atoms with Gasteiger partial charge in [-0.25, -0.2) is 0 Å². The minimum Gasteiger partial charge on any atom is -0.461 e. The molecule has 1 aliphatic rings. The van der Waals surface area contributed by atoms with Crippen LogP contribution >= 0.6 is 0 Å². The van der Waals surface area contributed by atoms with E-state index in [1.807, 2.05) is 54.6 Å². The van der Waals surface area contributed by atoms with Crippen LogP contribution in [-0.2, 0) is 0 Å². The predicted octanol–water partition coefficient (Wildman–Crippen LogP) is 7.93. The fourth-order valence-corrected chi connectivity index (χ4v) is 3.28. The molecule has 0 atom stereocenters. The molecule has 0 spiro atoms. The SMILES string of the molecule is C1=CCC(Oc2ccccc2)=C1.c1ccc(-c2cccc(-c3ccccc3)c2)cc1. The monoisotopic (exact) mass is 388 g/mol. The van der Waals surface area contributed by atoms with Crippen LogP contribution in [0.15, 0.2) is 139 Å². The highest BCUT2D eigenvalue weighted by Gasteiger charge is 2.01. The molecule has 0 fully saturated rings. The topological polar surface area (TPSA) is 9.23 Å². The van der Waals surface area contributed by atoms with Gasteiger partial charge in [-0.15, -0.1) is 0 Å². The van der Waals surface area contributed by atoms with Crippen molar-refractivity contribution in [3.8, 4) is 28.0 Å². The highest BCUT2D eigenvalue weighted by molar-refractivity contribution is 5.72. The third-order valence-corrected chi connectivity index (χ3v) is 4.81. The second-order valence-electron chi connectivity index (χ2n) is 6.99. The Hall–Kier alpha value is -3.84. The Balaban J connectivity index is 0.000000158. The minimum absolute atomic E-state index is 0.910. The molecule has 1 heteroatoms. The van der Waals surface area contributed by atoms with E-state index in [1.54, 1.807) is 0 Å². The third-order valence-electron chi connectivity index (χ3n) is 4.81. The molecule has 0 bridgehead atoms. The molecule has 30 heavy (non-hydrogen) atoms. The quantitative estimate of drug-likeness (QED) is 0.345. The van der Waals surface area contributed by atoms with Crippen LogP contribution in [0, 0.1) is 0 Å². The first-order valence-corrected chi connectivity index (χ1v) is 10.2. The van der Waals surface area contributed by atoms with Crippen LogP contribution in [0.1, 0.15) is 6.42 Å². The lowest BCUT2D eigenvalue weighted by Crippen LogP contribution is -1.90. The van der Waals surface area contributed by atoms with Crippen molar-refractivity contribution in [2.45, 2.75) is 6.42 Å². The van der Waals surface area contributed by atoms with Crippen molar-refractivity contribution in [2.24, 2.45) is 0 Å². The molecule has 0 N–H and O–H groups in total. The van der Waals surface area contributed by atoms with Gasteiger partial charge in [0.1, 0.15) is 11.5 Å². The lowest BCUT2D eigenvalue weighted by Gasteiger charge is -2.05. The molecular weight excluding hydrogens is 364 g/mol. The lowest BCUT2D eigenvalue weighted by molar-refractivity contribution is 0.419. The van der Waals surface area contributed by atoms with Crippen LogP contribution in [0.25, 0.3) is 22.3 Å². The summed E-state index contributed by atoms with van der Waals surface area (Å²) in [4.78, 5) is 0. The number of benzene rings is 4. The number of ether oxygens (including phenoxy) is 1. The van der Waals surface area contributed by atoms with E-state index in [0.29, 0.717) is 0 Å². The molecule has 146 valence electrons. The van der Waals surface area contributed by atoms with Gasteiger partial charge in [0, 0.05) is 6.42 Å². The summed E-state index contributed by atoms with van der Waals surface area (Å²) in [7, 11) is 0. The molecule has 1 aliphatic carbocycles. The van der Waals surface area contributed by atoms with Crippen LogP contribution in [-0.4, -0.2) is 0 Å². The third kappa shape index (κ3) is 5.36. The second-order valence-corrected chi connectivity index (χ2v) is 6.99. The number of hydrogen-bond acceptors (Lipinski definition) is 1. The van der Waals surface area contributed by atoms with Gasteiger partial charge >= 0.3 is 0 Å². The van der Waals surface area contributed by atoms with E-state index in [-0.39, 0.29) is 0 Å². The van der Waals surface area contributed by atoms with Gasteiger partial charge in [-0.1, -0.05) is 109 Å². The zero-order chi connectivity index (χ0) is 20.4. The largest absolute Gasteiger partial charge is 0.461 e. The van der Waals surface area contributed by atoms with E-state index in [2.05, 4.69) is 78.9 Å². The van der Waals surface area contributed by atoms with E-state index >= 15 is 0 Å². The van der Waals surface area contributed by atoms with Crippen LogP contribution < -0.4 is 4.74 Å². The number of rotatable bonds is 4. The summed E-state index contributed by atoms with van der Waals surface area (Å²) in [5.41, 5.74) is 5.04. The maximum absolute atomic E-state index is 5.57. The van der Waals surface area contributed by atoms with Gasteiger partial charge in [0.05, 0.1) is 0 Å². The average Bonchev–Trinajstić information content (AvgIpc) is 3.35. The molecule has 4 aromatic rings. The van der Waals surface area contributed by atoms with Crippen LogP contribution in [0.3, 0.4) is 0 Å². The zero-order valence-corrected chi connectivity index (χ0v) is 16.8. The summed E-state index contributed by atoms with van der Waals surface area (Å²) < 4.78 is 5.57. The highest BCUT2D eigenvalue weighted by Crippen LogP contribution is 2.26.